The van der Waals surface area contributed by atoms with Gasteiger partial charge in [-0.15, -0.1) is 0 Å². The van der Waals surface area contributed by atoms with Gasteiger partial charge in [0.2, 0.25) is 0 Å². The summed E-state index contributed by atoms with van der Waals surface area (Å²) in [6.07, 6.45) is 2.97. The van der Waals surface area contributed by atoms with E-state index in [0.717, 1.165) is 5.39 Å². The molecule has 1 aliphatic heterocycles. The van der Waals surface area contributed by atoms with Crippen molar-refractivity contribution in [1.29, 1.82) is 0 Å². The molecule has 0 spiro atoms. The first-order valence-corrected chi connectivity index (χ1v) is 7.19. The summed E-state index contributed by atoms with van der Waals surface area (Å²) in [6, 6.07) is 13.5. The van der Waals surface area contributed by atoms with Crippen LogP contribution in [0.2, 0.25) is 0 Å². The maximum Gasteiger partial charge on any atom is 0.366 e. The minimum atomic E-state index is -0.811. The summed E-state index contributed by atoms with van der Waals surface area (Å²) in [5, 5.41) is 1.89. The van der Waals surface area contributed by atoms with E-state index in [9.17, 15) is 14.4 Å². The van der Waals surface area contributed by atoms with E-state index in [1.807, 2.05) is 6.07 Å². The fraction of sp³-hybridized carbons (Fsp3) is 0. The number of amides is 2. The topological polar surface area (TPSA) is 76.6 Å². The molecule has 0 unspecified atom stereocenters. The molecule has 0 radical (unpaired) electrons. The normalized spacial score (nSPS) is 13.2. The minimum Gasteiger partial charge on any atom is -0.324 e. The van der Waals surface area contributed by atoms with Crippen LogP contribution in [0, 0.1) is 0 Å². The van der Waals surface area contributed by atoms with Crippen LogP contribution in [0.1, 0.15) is 31.1 Å². The van der Waals surface area contributed by atoms with Crippen molar-refractivity contribution in [3.63, 3.8) is 0 Å². The summed E-state index contributed by atoms with van der Waals surface area (Å²) >= 11 is 0. The summed E-state index contributed by atoms with van der Waals surface area (Å²) in [5.74, 6) is -2.12. The number of imide groups is 1. The molecule has 0 saturated heterocycles. The number of aromatic nitrogens is 1. The molecule has 0 aliphatic carbocycles. The second kappa shape index (κ2) is 5.27. The maximum absolute atomic E-state index is 12.4. The van der Waals surface area contributed by atoms with Gasteiger partial charge in [-0.25, -0.2) is 4.79 Å². The van der Waals surface area contributed by atoms with Crippen LogP contribution in [-0.2, 0) is 4.84 Å². The highest BCUT2D eigenvalue weighted by atomic mass is 16.7. The first-order valence-electron chi connectivity index (χ1n) is 7.19. The third kappa shape index (κ3) is 2.04. The number of carbonyl (C=O) groups excluding carboxylic acids is 3. The fourth-order valence-corrected chi connectivity index (χ4v) is 2.66. The predicted octanol–water partition coefficient (Wildman–Crippen LogP) is 2.60. The average molecular weight is 318 g/mol. The van der Waals surface area contributed by atoms with Gasteiger partial charge in [-0.05, 0) is 17.5 Å². The Balaban J connectivity index is 1.68. The van der Waals surface area contributed by atoms with Gasteiger partial charge in [0, 0.05) is 17.8 Å². The van der Waals surface area contributed by atoms with Crippen molar-refractivity contribution in [2.24, 2.45) is 0 Å². The largest absolute Gasteiger partial charge is 0.366 e. The van der Waals surface area contributed by atoms with Crippen LogP contribution in [0.3, 0.4) is 0 Å². The Hall–Kier alpha value is -3.54. The molecule has 2 heterocycles. The van der Waals surface area contributed by atoms with Gasteiger partial charge in [-0.1, -0.05) is 41.5 Å². The van der Waals surface area contributed by atoms with E-state index >= 15 is 0 Å². The molecule has 0 fully saturated rings. The molecule has 6 heteroatoms. The second-order valence-corrected chi connectivity index (χ2v) is 5.24. The van der Waals surface area contributed by atoms with Crippen molar-refractivity contribution in [2.45, 2.75) is 0 Å². The van der Waals surface area contributed by atoms with Crippen LogP contribution in [0.5, 0.6) is 0 Å². The summed E-state index contributed by atoms with van der Waals surface area (Å²) in [4.78, 5) is 46.0. The Kier molecular flexibility index (Phi) is 3.09. The highest BCUT2D eigenvalue weighted by Crippen LogP contribution is 2.24. The van der Waals surface area contributed by atoms with Gasteiger partial charge in [0.1, 0.15) is 0 Å². The third-order valence-electron chi connectivity index (χ3n) is 3.82. The zero-order chi connectivity index (χ0) is 16.7. The zero-order valence-electron chi connectivity index (χ0n) is 12.3. The lowest BCUT2D eigenvalue weighted by Gasteiger charge is -2.13. The smallest absolute Gasteiger partial charge is 0.324 e. The minimum absolute atomic E-state index is 0.185. The van der Waals surface area contributed by atoms with Crippen molar-refractivity contribution >= 4 is 28.6 Å². The monoisotopic (exact) mass is 318 g/mol. The number of hydrogen-bond acceptors (Lipinski definition) is 5. The van der Waals surface area contributed by atoms with Crippen LogP contribution in [0.15, 0.2) is 60.9 Å². The lowest BCUT2D eigenvalue weighted by atomic mass is 10.1. The van der Waals surface area contributed by atoms with Crippen LogP contribution in [0.25, 0.3) is 10.8 Å². The number of pyridine rings is 1. The molecule has 0 N–H and O–H groups in total. The van der Waals surface area contributed by atoms with Crippen LogP contribution >= 0.6 is 0 Å². The van der Waals surface area contributed by atoms with E-state index < -0.39 is 17.8 Å². The van der Waals surface area contributed by atoms with Crippen molar-refractivity contribution in [1.82, 2.24) is 10.0 Å². The summed E-state index contributed by atoms with van der Waals surface area (Å²) in [5.41, 5.74) is 0.613. The number of rotatable bonds is 2. The molecule has 6 nitrogen and oxygen atoms in total. The molecular weight excluding hydrogens is 308 g/mol. The molecular formula is C18H10N2O4. The van der Waals surface area contributed by atoms with Gasteiger partial charge in [0.25, 0.3) is 11.8 Å². The fourth-order valence-electron chi connectivity index (χ4n) is 2.66. The average Bonchev–Trinajstić information content (AvgIpc) is 2.86. The number of benzene rings is 2. The number of nitrogens with zero attached hydrogens (tertiary/aromatic N) is 2. The molecule has 1 aromatic heterocycles. The first kappa shape index (κ1) is 14.1. The third-order valence-corrected chi connectivity index (χ3v) is 3.82. The number of hydroxylamine groups is 2. The highest BCUT2D eigenvalue weighted by molar-refractivity contribution is 6.21. The molecule has 0 atom stereocenters. The van der Waals surface area contributed by atoms with Crippen LogP contribution in [0.4, 0.5) is 0 Å². The molecule has 4 rings (SSSR count). The molecule has 116 valence electrons. The van der Waals surface area contributed by atoms with Crippen LogP contribution in [-0.4, -0.2) is 27.8 Å². The Morgan fingerprint density at radius 2 is 1.50 bits per heavy atom. The van der Waals surface area contributed by atoms with Gasteiger partial charge in [0.15, 0.2) is 0 Å². The molecule has 0 saturated carbocycles. The molecule has 0 bridgehead atoms. The van der Waals surface area contributed by atoms with Gasteiger partial charge in [-0.3, -0.25) is 14.6 Å². The van der Waals surface area contributed by atoms with E-state index in [0.29, 0.717) is 10.4 Å². The Morgan fingerprint density at radius 3 is 2.21 bits per heavy atom. The van der Waals surface area contributed by atoms with E-state index in [1.165, 1.54) is 18.3 Å². The van der Waals surface area contributed by atoms with E-state index in [-0.39, 0.29) is 16.7 Å². The molecule has 2 aromatic carbocycles. The van der Waals surface area contributed by atoms with E-state index in [1.54, 1.807) is 36.5 Å². The SMILES string of the molecule is O=C(ON1C(=O)c2ccccc2C1=O)c1cncc2ccccc12. The van der Waals surface area contributed by atoms with E-state index in [4.69, 9.17) is 4.84 Å². The first-order chi connectivity index (χ1) is 11.7. The molecule has 24 heavy (non-hydrogen) atoms. The van der Waals surface area contributed by atoms with Gasteiger partial charge in [0.05, 0.1) is 16.7 Å². The highest BCUT2D eigenvalue weighted by Gasteiger charge is 2.38. The lowest BCUT2D eigenvalue weighted by molar-refractivity contribution is -0.0583. The van der Waals surface area contributed by atoms with Gasteiger partial charge >= 0.3 is 5.97 Å². The molecule has 2 amide bonds. The Labute approximate surface area is 136 Å². The molecule has 1 aliphatic rings. The maximum atomic E-state index is 12.4. The van der Waals surface area contributed by atoms with Gasteiger partial charge in [-0.2, -0.15) is 0 Å². The number of fused-ring (bicyclic) bond motifs is 2. The standard InChI is InChI=1S/C18H10N2O4/c21-16-13-7-3-4-8-14(13)17(22)20(16)24-18(23)15-10-19-9-11-5-1-2-6-12(11)15/h1-10H. The summed E-state index contributed by atoms with van der Waals surface area (Å²) in [7, 11) is 0. The van der Waals surface area contributed by atoms with Crippen molar-refractivity contribution in [2.75, 3.05) is 0 Å². The number of carbonyl (C=O) groups is 3. The Bertz CT molecular complexity index is 972. The van der Waals surface area contributed by atoms with E-state index in [2.05, 4.69) is 4.98 Å². The molecule has 3 aromatic rings. The predicted molar refractivity (Wildman–Crippen MR) is 84.1 cm³/mol. The quantitative estimate of drug-likeness (QED) is 0.679. The lowest BCUT2D eigenvalue weighted by Crippen LogP contribution is -2.32. The van der Waals surface area contributed by atoms with Crippen LogP contribution < -0.4 is 0 Å². The van der Waals surface area contributed by atoms with Gasteiger partial charge < -0.3 is 4.84 Å². The second-order valence-electron chi connectivity index (χ2n) is 5.24. The zero-order valence-corrected chi connectivity index (χ0v) is 12.3. The van der Waals surface area contributed by atoms with Crippen molar-refractivity contribution in [3.8, 4) is 0 Å². The number of hydrogen-bond donors (Lipinski definition) is 0. The van der Waals surface area contributed by atoms with Crippen molar-refractivity contribution < 1.29 is 19.2 Å². The summed E-state index contributed by atoms with van der Waals surface area (Å²) in [6.45, 7) is 0. The Morgan fingerprint density at radius 1 is 0.875 bits per heavy atom. The van der Waals surface area contributed by atoms with Crippen molar-refractivity contribution in [3.05, 3.63) is 77.6 Å². The summed E-state index contributed by atoms with van der Waals surface area (Å²) < 4.78 is 0.